The number of nitrogens with one attached hydrogen (secondary N) is 2. The molecule has 0 saturated carbocycles. The summed E-state index contributed by atoms with van der Waals surface area (Å²) in [5.41, 5.74) is 0.193. The van der Waals surface area contributed by atoms with Crippen molar-refractivity contribution in [3.63, 3.8) is 0 Å². The summed E-state index contributed by atoms with van der Waals surface area (Å²) in [6.45, 7) is 4.63. The minimum absolute atomic E-state index is 0. The summed E-state index contributed by atoms with van der Waals surface area (Å²) < 4.78 is 18.6. The Morgan fingerprint density at radius 2 is 2.18 bits per heavy atom. The number of piperidine rings is 1. The second kappa shape index (κ2) is 7.79. The van der Waals surface area contributed by atoms with E-state index in [-0.39, 0.29) is 30.1 Å². The molecule has 1 aliphatic rings. The van der Waals surface area contributed by atoms with Crippen molar-refractivity contribution in [2.24, 2.45) is 0 Å². The normalized spacial score (nSPS) is 22.4. The van der Waals surface area contributed by atoms with Crippen LogP contribution in [0.3, 0.4) is 0 Å². The van der Waals surface area contributed by atoms with Crippen molar-refractivity contribution in [1.82, 2.24) is 10.6 Å². The van der Waals surface area contributed by atoms with Gasteiger partial charge in [0.15, 0.2) is 11.6 Å². The molecule has 1 aromatic rings. The Hall–Kier alpha value is -1.33. The Morgan fingerprint density at radius 1 is 1.45 bits per heavy atom. The topological polar surface area (TPSA) is 50.4 Å². The summed E-state index contributed by atoms with van der Waals surface area (Å²) in [4.78, 5) is 12.4. The quantitative estimate of drug-likeness (QED) is 0.892. The molecule has 0 radical (unpaired) electrons. The third-order valence-corrected chi connectivity index (χ3v) is 4.14. The van der Waals surface area contributed by atoms with Crippen molar-refractivity contribution >= 4 is 18.3 Å². The minimum Gasteiger partial charge on any atom is -0.494 e. The van der Waals surface area contributed by atoms with Gasteiger partial charge in [-0.2, -0.15) is 0 Å². The van der Waals surface area contributed by atoms with Crippen molar-refractivity contribution in [1.29, 1.82) is 0 Å². The fourth-order valence-electron chi connectivity index (χ4n) is 2.64. The molecule has 0 bridgehead atoms. The highest BCUT2D eigenvalue weighted by molar-refractivity contribution is 5.86. The number of carbonyl (C=O) groups excluding carboxylic acids is 1. The summed E-state index contributed by atoms with van der Waals surface area (Å²) in [7, 11) is 1.43. The van der Waals surface area contributed by atoms with Gasteiger partial charge in [0.25, 0.3) is 0 Å². The molecule has 0 aliphatic carbocycles. The lowest BCUT2D eigenvalue weighted by Gasteiger charge is -2.34. The predicted molar refractivity (Wildman–Crippen MR) is 87.0 cm³/mol. The van der Waals surface area contributed by atoms with E-state index in [1.807, 2.05) is 13.8 Å². The van der Waals surface area contributed by atoms with E-state index in [0.717, 1.165) is 31.4 Å². The maximum atomic E-state index is 13.7. The van der Waals surface area contributed by atoms with Gasteiger partial charge in [0, 0.05) is 0 Å². The third kappa shape index (κ3) is 4.11. The van der Waals surface area contributed by atoms with E-state index < -0.39 is 11.4 Å². The number of hydrogen-bond acceptors (Lipinski definition) is 3. The summed E-state index contributed by atoms with van der Waals surface area (Å²) in [6.07, 6.45) is 2.97. The lowest BCUT2D eigenvalue weighted by atomic mass is 9.89. The first kappa shape index (κ1) is 18.7. The second-order valence-electron chi connectivity index (χ2n) is 5.81. The molecular formula is C16H24ClFN2O2. The number of benzene rings is 1. The van der Waals surface area contributed by atoms with Crippen LogP contribution in [-0.4, -0.2) is 25.1 Å². The van der Waals surface area contributed by atoms with Gasteiger partial charge in [0.05, 0.1) is 18.7 Å². The van der Waals surface area contributed by atoms with Gasteiger partial charge in [-0.1, -0.05) is 6.07 Å². The highest BCUT2D eigenvalue weighted by atomic mass is 35.5. The van der Waals surface area contributed by atoms with Gasteiger partial charge in [0.2, 0.25) is 5.91 Å². The van der Waals surface area contributed by atoms with Crippen LogP contribution < -0.4 is 15.4 Å². The molecule has 0 spiro atoms. The standard InChI is InChI=1S/C16H23FN2O2.ClH/c1-11(12-6-7-14(21-3)13(17)10-12)19-15(20)16(2)8-4-5-9-18-16;/h6-7,10-11,18H,4-5,8-9H2,1-3H3,(H,19,20);1H. The largest absolute Gasteiger partial charge is 0.494 e. The molecule has 1 aliphatic heterocycles. The minimum atomic E-state index is -0.530. The molecule has 1 amide bonds. The molecule has 1 heterocycles. The fourth-order valence-corrected chi connectivity index (χ4v) is 2.64. The van der Waals surface area contributed by atoms with Crippen LogP contribution in [0.15, 0.2) is 18.2 Å². The van der Waals surface area contributed by atoms with Crippen LogP contribution in [0.1, 0.15) is 44.7 Å². The summed E-state index contributed by atoms with van der Waals surface area (Å²) in [6, 6.07) is 4.50. The number of carbonyl (C=O) groups is 1. The molecule has 124 valence electrons. The summed E-state index contributed by atoms with van der Waals surface area (Å²) in [5, 5.41) is 6.24. The zero-order valence-corrected chi connectivity index (χ0v) is 14.1. The first-order valence-electron chi connectivity index (χ1n) is 7.36. The third-order valence-electron chi connectivity index (χ3n) is 4.14. The van der Waals surface area contributed by atoms with Crippen molar-refractivity contribution in [3.8, 4) is 5.75 Å². The average molecular weight is 331 g/mol. The number of halogens is 2. The Kier molecular flexibility index (Phi) is 6.63. The molecule has 2 atom stereocenters. The molecular weight excluding hydrogens is 307 g/mol. The lowest BCUT2D eigenvalue weighted by Crippen LogP contribution is -2.57. The average Bonchev–Trinajstić information content (AvgIpc) is 2.47. The Labute approximate surface area is 137 Å². The van der Waals surface area contributed by atoms with Gasteiger partial charge in [-0.3, -0.25) is 4.79 Å². The first-order valence-corrected chi connectivity index (χ1v) is 7.36. The van der Waals surface area contributed by atoms with Crippen LogP contribution in [0.2, 0.25) is 0 Å². The van der Waals surface area contributed by atoms with Crippen LogP contribution in [0.25, 0.3) is 0 Å². The monoisotopic (exact) mass is 330 g/mol. The van der Waals surface area contributed by atoms with E-state index in [0.29, 0.717) is 0 Å². The SMILES string of the molecule is COc1ccc(C(C)NC(=O)C2(C)CCCCN2)cc1F.Cl. The van der Waals surface area contributed by atoms with E-state index in [1.54, 1.807) is 12.1 Å². The molecule has 1 fully saturated rings. The molecule has 2 N–H and O–H groups in total. The Balaban J connectivity index is 0.00000242. The zero-order valence-electron chi connectivity index (χ0n) is 13.2. The first-order chi connectivity index (χ1) is 9.96. The highest BCUT2D eigenvalue weighted by Gasteiger charge is 2.34. The van der Waals surface area contributed by atoms with Crippen molar-refractivity contribution in [3.05, 3.63) is 29.6 Å². The fraction of sp³-hybridized carbons (Fsp3) is 0.562. The van der Waals surface area contributed by atoms with E-state index in [4.69, 9.17) is 4.74 Å². The van der Waals surface area contributed by atoms with Gasteiger partial charge in [-0.05, 0) is 57.4 Å². The van der Waals surface area contributed by atoms with Crippen LogP contribution >= 0.6 is 12.4 Å². The van der Waals surface area contributed by atoms with Gasteiger partial charge < -0.3 is 15.4 Å². The summed E-state index contributed by atoms with van der Waals surface area (Å²) in [5.74, 6) is -0.248. The van der Waals surface area contributed by atoms with Gasteiger partial charge in [0.1, 0.15) is 0 Å². The van der Waals surface area contributed by atoms with Crippen molar-refractivity contribution in [2.75, 3.05) is 13.7 Å². The van der Waals surface area contributed by atoms with E-state index in [9.17, 15) is 9.18 Å². The van der Waals surface area contributed by atoms with Crippen LogP contribution in [0.4, 0.5) is 4.39 Å². The molecule has 6 heteroatoms. The smallest absolute Gasteiger partial charge is 0.240 e. The van der Waals surface area contributed by atoms with E-state index in [2.05, 4.69) is 10.6 Å². The molecule has 4 nitrogen and oxygen atoms in total. The lowest BCUT2D eigenvalue weighted by molar-refractivity contribution is -0.128. The second-order valence-corrected chi connectivity index (χ2v) is 5.81. The molecule has 2 unspecified atom stereocenters. The molecule has 22 heavy (non-hydrogen) atoms. The highest BCUT2D eigenvalue weighted by Crippen LogP contribution is 2.24. The summed E-state index contributed by atoms with van der Waals surface area (Å²) >= 11 is 0. The number of rotatable bonds is 4. The Bertz CT molecular complexity index is 519. The maximum absolute atomic E-state index is 13.7. The van der Waals surface area contributed by atoms with Gasteiger partial charge in [-0.15, -0.1) is 12.4 Å². The van der Waals surface area contributed by atoms with E-state index in [1.165, 1.54) is 13.2 Å². The number of hydrogen-bond donors (Lipinski definition) is 2. The van der Waals surface area contributed by atoms with Gasteiger partial charge >= 0.3 is 0 Å². The Morgan fingerprint density at radius 3 is 2.73 bits per heavy atom. The van der Waals surface area contributed by atoms with E-state index >= 15 is 0 Å². The molecule has 2 rings (SSSR count). The van der Waals surface area contributed by atoms with Crippen LogP contribution in [-0.2, 0) is 4.79 Å². The molecule has 0 aromatic heterocycles. The number of amides is 1. The number of methoxy groups -OCH3 is 1. The number of ether oxygens (including phenoxy) is 1. The molecule has 1 aromatic carbocycles. The molecule has 1 saturated heterocycles. The van der Waals surface area contributed by atoms with Gasteiger partial charge in [-0.25, -0.2) is 4.39 Å². The predicted octanol–water partition coefficient (Wildman–Crippen LogP) is 2.97. The zero-order chi connectivity index (χ0) is 15.5. The van der Waals surface area contributed by atoms with Crippen molar-refractivity contribution in [2.45, 2.75) is 44.7 Å². The van der Waals surface area contributed by atoms with Crippen LogP contribution in [0.5, 0.6) is 5.75 Å². The van der Waals surface area contributed by atoms with Crippen LogP contribution in [0, 0.1) is 5.82 Å². The van der Waals surface area contributed by atoms with Crippen molar-refractivity contribution < 1.29 is 13.9 Å². The maximum Gasteiger partial charge on any atom is 0.240 e.